The van der Waals surface area contributed by atoms with E-state index in [-0.39, 0.29) is 12.3 Å². The molecule has 1 aromatic rings. The Hall–Kier alpha value is -1.56. The smallest absolute Gasteiger partial charge is 0.305 e. The average molecular weight is 299 g/mol. The number of carbonyl (C=O) groups is 2. The van der Waals surface area contributed by atoms with Crippen molar-refractivity contribution in [3.8, 4) is 0 Å². The molecule has 1 unspecified atom stereocenters. The van der Waals surface area contributed by atoms with Crippen molar-refractivity contribution in [3.63, 3.8) is 0 Å². The summed E-state index contributed by atoms with van der Waals surface area (Å²) in [6.07, 6.45) is -0.239. The van der Waals surface area contributed by atoms with Crippen LogP contribution in [-0.2, 0) is 9.59 Å². The number of halogens is 1. The molecule has 0 radical (unpaired) electrons. The van der Waals surface area contributed by atoms with Crippen molar-refractivity contribution in [2.24, 2.45) is 0 Å². The van der Waals surface area contributed by atoms with Crippen molar-refractivity contribution in [3.05, 3.63) is 22.2 Å². The number of carboxylic acids is 1. The van der Waals surface area contributed by atoms with E-state index in [0.717, 1.165) is 15.7 Å². The van der Waals surface area contributed by atoms with Crippen LogP contribution in [0.4, 0.5) is 11.4 Å². The fourth-order valence-corrected chi connectivity index (χ4v) is 2.38. The fourth-order valence-electron chi connectivity index (χ4n) is 1.80. The van der Waals surface area contributed by atoms with Gasteiger partial charge in [0, 0.05) is 4.47 Å². The molecule has 2 rings (SSSR count). The zero-order valence-electron chi connectivity index (χ0n) is 9.08. The zero-order chi connectivity index (χ0) is 12.6. The third-order valence-corrected chi connectivity index (χ3v) is 3.03. The van der Waals surface area contributed by atoms with Gasteiger partial charge in [0.25, 0.3) is 0 Å². The van der Waals surface area contributed by atoms with Crippen LogP contribution < -0.4 is 10.6 Å². The number of benzene rings is 1. The van der Waals surface area contributed by atoms with Gasteiger partial charge in [-0.2, -0.15) is 0 Å². The third-order valence-electron chi connectivity index (χ3n) is 2.57. The molecule has 1 heterocycles. The van der Waals surface area contributed by atoms with E-state index in [0.29, 0.717) is 5.69 Å². The molecule has 90 valence electrons. The number of aryl methyl sites for hydroxylation is 1. The van der Waals surface area contributed by atoms with Crippen LogP contribution in [0.5, 0.6) is 0 Å². The first-order valence-corrected chi connectivity index (χ1v) is 5.86. The number of hydrogen-bond donors (Lipinski definition) is 3. The fraction of sp³-hybridized carbons (Fsp3) is 0.273. The first-order valence-electron chi connectivity index (χ1n) is 5.06. The van der Waals surface area contributed by atoms with Crippen molar-refractivity contribution >= 4 is 39.2 Å². The summed E-state index contributed by atoms with van der Waals surface area (Å²) in [5.41, 5.74) is 2.37. The van der Waals surface area contributed by atoms with E-state index in [1.165, 1.54) is 0 Å². The molecule has 0 spiro atoms. The number of aliphatic carboxylic acids is 1. The summed E-state index contributed by atoms with van der Waals surface area (Å²) in [6.45, 7) is 1.88. The molecule has 1 amide bonds. The second kappa shape index (κ2) is 4.37. The number of anilines is 2. The predicted molar refractivity (Wildman–Crippen MR) is 67.2 cm³/mol. The summed E-state index contributed by atoms with van der Waals surface area (Å²) in [5.74, 6) is -1.32. The second-order valence-electron chi connectivity index (χ2n) is 3.93. The van der Waals surface area contributed by atoms with Gasteiger partial charge in [-0.15, -0.1) is 0 Å². The van der Waals surface area contributed by atoms with Gasteiger partial charge in [-0.3, -0.25) is 9.59 Å². The van der Waals surface area contributed by atoms with Crippen LogP contribution in [0, 0.1) is 6.92 Å². The SMILES string of the molecule is Cc1cc(Br)cc2c1NC(=O)C(CC(=O)O)N2. The highest BCUT2D eigenvalue weighted by Gasteiger charge is 2.28. The Morgan fingerprint density at radius 3 is 2.88 bits per heavy atom. The van der Waals surface area contributed by atoms with E-state index in [4.69, 9.17) is 5.11 Å². The molecule has 0 aromatic heterocycles. The average Bonchev–Trinajstić information content (AvgIpc) is 2.20. The topological polar surface area (TPSA) is 78.4 Å². The van der Waals surface area contributed by atoms with Gasteiger partial charge in [0.1, 0.15) is 6.04 Å². The maximum Gasteiger partial charge on any atom is 0.305 e. The first-order chi connectivity index (χ1) is 7.97. The minimum Gasteiger partial charge on any atom is -0.481 e. The van der Waals surface area contributed by atoms with Crippen LogP contribution in [0.1, 0.15) is 12.0 Å². The van der Waals surface area contributed by atoms with Gasteiger partial charge in [0.05, 0.1) is 17.8 Å². The van der Waals surface area contributed by atoms with Crippen molar-refractivity contribution in [1.82, 2.24) is 0 Å². The minimum absolute atomic E-state index is 0.239. The Labute approximate surface area is 106 Å². The summed E-state index contributed by atoms with van der Waals surface area (Å²) in [4.78, 5) is 22.3. The molecule has 0 saturated heterocycles. The number of rotatable bonds is 2. The van der Waals surface area contributed by atoms with Gasteiger partial charge in [0.15, 0.2) is 0 Å². The lowest BCUT2D eigenvalue weighted by atomic mass is 10.1. The van der Waals surface area contributed by atoms with Crippen molar-refractivity contribution in [2.75, 3.05) is 10.6 Å². The summed E-state index contributed by atoms with van der Waals surface area (Å²) in [5, 5.41) is 14.4. The number of nitrogens with one attached hydrogen (secondary N) is 2. The van der Waals surface area contributed by atoms with Crippen LogP contribution in [0.15, 0.2) is 16.6 Å². The normalized spacial score (nSPS) is 18.0. The van der Waals surface area contributed by atoms with E-state index in [2.05, 4.69) is 26.6 Å². The standard InChI is InChI=1S/C11H11BrN2O3/c1-5-2-6(12)3-7-10(5)14-11(17)8(13-7)4-9(15)16/h2-3,8,13H,4H2,1H3,(H,14,17)(H,15,16). The minimum atomic E-state index is -1.01. The molecule has 0 saturated carbocycles. The van der Waals surface area contributed by atoms with E-state index >= 15 is 0 Å². The molecule has 6 heteroatoms. The van der Waals surface area contributed by atoms with Gasteiger partial charge in [-0.05, 0) is 24.6 Å². The Balaban J connectivity index is 2.34. The van der Waals surface area contributed by atoms with Crippen molar-refractivity contribution in [1.29, 1.82) is 0 Å². The predicted octanol–water partition coefficient (Wildman–Crippen LogP) is 1.96. The number of carbonyl (C=O) groups excluding carboxylic acids is 1. The number of carboxylic acid groups (broad SMARTS) is 1. The molecule has 3 N–H and O–H groups in total. The molecule has 1 aliphatic rings. The largest absolute Gasteiger partial charge is 0.481 e. The van der Waals surface area contributed by atoms with Crippen molar-refractivity contribution in [2.45, 2.75) is 19.4 Å². The molecule has 1 aromatic carbocycles. The highest BCUT2D eigenvalue weighted by Crippen LogP contribution is 2.33. The monoisotopic (exact) mass is 298 g/mol. The van der Waals surface area contributed by atoms with Gasteiger partial charge in [-0.1, -0.05) is 15.9 Å². The molecule has 1 aliphatic heterocycles. The molecule has 1 atom stereocenters. The van der Waals surface area contributed by atoms with E-state index in [1.807, 2.05) is 19.1 Å². The summed E-state index contributed by atoms with van der Waals surface area (Å²) < 4.78 is 0.881. The van der Waals surface area contributed by atoms with Gasteiger partial charge in [0.2, 0.25) is 5.91 Å². The third kappa shape index (κ3) is 2.41. The zero-order valence-corrected chi connectivity index (χ0v) is 10.7. The Morgan fingerprint density at radius 2 is 2.24 bits per heavy atom. The van der Waals surface area contributed by atoms with Crippen LogP contribution in [0.3, 0.4) is 0 Å². The second-order valence-corrected chi connectivity index (χ2v) is 4.84. The molecule has 0 aliphatic carbocycles. The van der Waals surface area contributed by atoms with Gasteiger partial charge in [-0.25, -0.2) is 0 Å². The molecule has 5 nitrogen and oxygen atoms in total. The van der Waals surface area contributed by atoms with Gasteiger partial charge < -0.3 is 15.7 Å². The molecular formula is C11H11BrN2O3. The van der Waals surface area contributed by atoms with Crippen LogP contribution in [-0.4, -0.2) is 23.0 Å². The Kier molecular flexibility index (Phi) is 3.06. The van der Waals surface area contributed by atoms with E-state index in [1.54, 1.807) is 0 Å². The molecule has 0 fully saturated rings. The summed E-state index contributed by atoms with van der Waals surface area (Å²) in [6, 6.07) is 2.98. The number of amides is 1. The number of fused-ring (bicyclic) bond motifs is 1. The highest BCUT2D eigenvalue weighted by molar-refractivity contribution is 9.10. The summed E-state index contributed by atoms with van der Waals surface area (Å²) in [7, 11) is 0. The maximum absolute atomic E-state index is 11.7. The molecule has 0 bridgehead atoms. The van der Waals surface area contributed by atoms with Crippen LogP contribution in [0.25, 0.3) is 0 Å². The van der Waals surface area contributed by atoms with Gasteiger partial charge >= 0.3 is 5.97 Å². The lowest BCUT2D eigenvalue weighted by Crippen LogP contribution is -2.40. The summed E-state index contributed by atoms with van der Waals surface area (Å²) >= 11 is 3.36. The lowest BCUT2D eigenvalue weighted by molar-refractivity contribution is -0.138. The van der Waals surface area contributed by atoms with Crippen LogP contribution >= 0.6 is 15.9 Å². The quantitative estimate of drug-likeness (QED) is 0.780. The highest BCUT2D eigenvalue weighted by atomic mass is 79.9. The van der Waals surface area contributed by atoms with E-state index < -0.39 is 12.0 Å². The van der Waals surface area contributed by atoms with Crippen molar-refractivity contribution < 1.29 is 14.7 Å². The number of hydrogen-bond acceptors (Lipinski definition) is 3. The Bertz CT molecular complexity index is 502. The Morgan fingerprint density at radius 1 is 1.53 bits per heavy atom. The molecular weight excluding hydrogens is 288 g/mol. The molecule has 17 heavy (non-hydrogen) atoms. The van der Waals surface area contributed by atoms with Crippen LogP contribution in [0.2, 0.25) is 0 Å². The lowest BCUT2D eigenvalue weighted by Gasteiger charge is -2.27. The first kappa shape index (κ1) is 11.9. The maximum atomic E-state index is 11.7. The van der Waals surface area contributed by atoms with E-state index in [9.17, 15) is 9.59 Å².